The molecule has 0 fully saturated rings. The molecule has 0 aliphatic heterocycles. The zero-order valence-electron chi connectivity index (χ0n) is 8.29. The van der Waals surface area contributed by atoms with Crippen LogP contribution in [0.5, 0.6) is 5.88 Å². The summed E-state index contributed by atoms with van der Waals surface area (Å²) in [5, 5.41) is 11.6. The molecular formula is C12H8N2OS. The quantitative estimate of drug-likeness (QED) is 0.696. The average molecular weight is 228 g/mol. The molecule has 3 rings (SSSR count). The van der Waals surface area contributed by atoms with Crippen molar-refractivity contribution in [1.82, 2.24) is 9.97 Å². The maximum absolute atomic E-state index is 9.59. The van der Waals surface area contributed by atoms with E-state index in [0.29, 0.717) is 0 Å². The molecule has 78 valence electrons. The molecule has 0 bridgehead atoms. The van der Waals surface area contributed by atoms with E-state index in [1.807, 2.05) is 35.7 Å². The van der Waals surface area contributed by atoms with Gasteiger partial charge in [-0.3, -0.25) is 0 Å². The van der Waals surface area contributed by atoms with Crippen LogP contribution in [0, 0.1) is 0 Å². The number of aromatic nitrogens is 2. The summed E-state index contributed by atoms with van der Waals surface area (Å²) in [5.74, 6) is 0.0529. The summed E-state index contributed by atoms with van der Waals surface area (Å²) in [4.78, 5) is 7.99. The van der Waals surface area contributed by atoms with Gasteiger partial charge in [-0.05, 0) is 5.56 Å². The summed E-state index contributed by atoms with van der Waals surface area (Å²) < 4.78 is 0.737. The molecule has 3 nitrogen and oxygen atoms in total. The minimum atomic E-state index is 0.0529. The number of nitrogens with zero attached hydrogens (tertiary/aromatic N) is 2. The Hall–Kier alpha value is -1.94. The third kappa shape index (κ3) is 1.35. The number of thiophene rings is 1. The van der Waals surface area contributed by atoms with Gasteiger partial charge in [0, 0.05) is 10.9 Å². The predicted molar refractivity (Wildman–Crippen MR) is 64.5 cm³/mol. The highest BCUT2D eigenvalue weighted by Gasteiger charge is 2.10. The zero-order valence-corrected chi connectivity index (χ0v) is 9.11. The van der Waals surface area contributed by atoms with E-state index in [0.717, 1.165) is 21.3 Å². The lowest BCUT2D eigenvalue weighted by molar-refractivity contribution is 0.460. The molecular weight excluding hydrogens is 220 g/mol. The van der Waals surface area contributed by atoms with Crippen molar-refractivity contribution in [1.29, 1.82) is 0 Å². The second kappa shape index (κ2) is 3.57. The second-order valence-corrected chi connectivity index (χ2v) is 4.27. The van der Waals surface area contributed by atoms with Crippen LogP contribution in [0.15, 0.2) is 42.0 Å². The number of aromatic hydroxyl groups is 1. The highest BCUT2D eigenvalue weighted by molar-refractivity contribution is 7.18. The van der Waals surface area contributed by atoms with E-state index >= 15 is 0 Å². The molecule has 0 saturated carbocycles. The van der Waals surface area contributed by atoms with Crippen LogP contribution in [0.1, 0.15) is 0 Å². The Bertz CT molecular complexity index is 634. The van der Waals surface area contributed by atoms with Crippen molar-refractivity contribution in [3.8, 4) is 17.0 Å². The standard InChI is InChI=1S/C12H8N2OS/c15-12-11-10(13-7-14-12)9(6-16-11)8-4-2-1-3-5-8/h1-7H,(H,13,14,15). The fourth-order valence-corrected chi connectivity index (χ4v) is 2.58. The van der Waals surface area contributed by atoms with Gasteiger partial charge >= 0.3 is 0 Å². The van der Waals surface area contributed by atoms with E-state index < -0.39 is 0 Å². The van der Waals surface area contributed by atoms with Crippen molar-refractivity contribution in [2.75, 3.05) is 0 Å². The molecule has 1 aromatic carbocycles. The van der Waals surface area contributed by atoms with Gasteiger partial charge in [0.2, 0.25) is 5.88 Å². The van der Waals surface area contributed by atoms with Crippen LogP contribution in [0.2, 0.25) is 0 Å². The Kier molecular flexibility index (Phi) is 2.08. The van der Waals surface area contributed by atoms with E-state index in [-0.39, 0.29) is 5.88 Å². The van der Waals surface area contributed by atoms with Crippen LogP contribution in [0.25, 0.3) is 21.3 Å². The van der Waals surface area contributed by atoms with Gasteiger partial charge in [-0.2, -0.15) is 0 Å². The summed E-state index contributed by atoms with van der Waals surface area (Å²) in [7, 11) is 0. The first-order valence-electron chi connectivity index (χ1n) is 4.83. The molecule has 0 spiro atoms. The first kappa shape index (κ1) is 9.30. The van der Waals surface area contributed by atoms with E-state index in [2.05, 4.69) is 9.97 Å². The highest BCUT2D eigenvalue weighted by Crippen LogP contribution is 2.35. The maximum Gasteiger partial charge on any atom is 0.232 e. The maximum atomic E-state index is 9.59. The third-order valence-electron chi connectivity index (χ3n) is 2.42. The Morgan fingerprint density at radius 3 is 2.69 bits per heavy atom. The monoisotopic (exact) mass is 228 g/mol. The summed E-state index contributed by atoms with van der Waals surface area (Å²) in [5.41, 5.74) is 2.95. The van der Waals surface area contributed by atoms with Crippen LogP contribution < -0.4 is 0 Å². The Morgan fingerprint density at radius 2 is 1.88 bits per heavy atom. The summed E-state index contributed by atoms with van der Waals surface area (Å²) in [6, 6.07) is 10.0. The van der Waals surface area contributed by atoms with Crippen LogP contribution in [-0.2, 0) is 0 Å². The highest BCUT2D eigenvalue weighted by atomic mass is 32.1. The number of rotatable bonds is 1. The lowest BCUT2D eigenvalue weighted by Crippen LogP contribution is -1.81. The van der Waals surface area contributed by atoms with Gasteiger partial charge in [-0.25, -0.2) is 9.97 Å². The molecule has 4 heteroatoms. The smallest absolute Gasteiger partial charge is 0.232 e. The van der Waals surface area contributed by atoms with Gasteiger partial charge in [0.15, 0.2) is 0 Å². The molecule has 0 saturated heterocycles. The Morgan fingerprint density at radius 1 is 1.06 bits per heavy atom. The Balaban J connectivity index is 2.30. The van der Waals surface area contributed by atoms with Crippen molar-refractivity contribution >= 4 is 21.6 Å². The van der Waals surface area contributed by atoms with Crippen LogP contribution >= 0.6 is 11.3 Å². The normalized spacial score (nSPS) is 10.8. The zero-order chi connectivity index (χ0) is 11.0. The minimum Gasteiger partial charge on any atom is -0.492 e. The van der Waals surface area contributed by atoms with Gasteiger partial charge in [0.05, 0.1) is 5.52 Å². The molecule has 3 aromatic rings. The first-order chi connectivity index (χ1) is 7.86. The summed E-state index contributed by atoms with van der Waals surface area (Å²) >= 11 is 1.46. The molecule has 2 aromatic heterocycles. The van der Waals surface area contributed by atoms with Crippen molar-refractivity contribution in [3.63, 3.8) is 0 Å². The first-order valence-corrected chi connectivity index (χ1v) is 5.71. The molecule has 1 N–H and O–H groups in total. The van der Waals surface area contributed by atoms with Crippen LogP contribution in [-0.4, -0.2) is 15.1 Å². The molecule has 0 radical (unpaired) electrons. The third-order valence-corrected chi connectivity index (χ3v) is 3.38. The average Bonchev–Trinajstić information content (AvgIpc) is 2.75. The molecule has 2 heterocycles. The van der Waals surface area contributed by atoms with Gasteiger partial charge < -0.3 is 5.11 Å². The molecule has 0 atom stereocenters. The molecule has 0 aliphatic rings. The van der Waals surface area contributed by atoms with Crippen LogP contribution in [0.4, 0.5) is 0 Å². The van der Waals surface area contributed by atoms with Crippen molar-refractivity contribution in [2.24, 2.45) is 0 Å². The molecule has 0 amide bonds. The van der Waals surface area contributed by atoms with E-state index in [9.17, 15) is 5.11 Å². The van der Waals surface area contributed by atoms with E-state index in [1.54, 1.807) is 0 Å². The molecule has 0 unspecified atom stereocenters. The van der Waals surface area contributed by atoms with E-state index in [1.165, 1.54) is 17.7 Å². The van der Waals surface area contributed by atoms with Gasteiger partial charge in [-0.15, -0.1) is 11.3 Å². The minimum absolute atomic E-state index is 0.0529. The van der Waals surface area contributed by atoms with Crippen molar-refractivity contribution in [2.45, 2.75) is 0 Å². The van der Waals surface area contributed by atoms with Crippen molar-refractivity contribution < 1.29 is 5.11 Å². The Labute approximate surface area is 96.0 Å². The summed E-state index contributed by atoms with van der Waals surface area (Å²) in [6.07, 6.45) is 1.39. The number of hydrogen-bond acceptors (Lipinski definition) is 4. The molecule has 0 aliphatic carbocycles. The number of fused-ring (bicyclic) bond motifs is 1. The fraction of sp³-hybridized carbons (Fsp3) is 0. The van der Waals surface area contributed by atoms with Gasteiger partial charge in [0.1, 0.15) is 11.0 Å². The van der Waals surface area contributed by atoms with Crippen molar-refractivity contribution in [3.05, 3.63) is 42.0 Å². The van der Waals surface area contributed by atoms with Gasteiger partial charge in [-0.1, -0.05) is 30.3 Å². The van der Waals surface area contributed by atoms with Crippen LogP contribution in [0.3, 0.4) is 0 Å². The SMILES string of the molecule is Oc1ncnc2c(-c3ccccc3)csc12. The number of hydrogen-bond donors (Lipinski definition) is 1. The molecule has 16 heavy (non-hydrogen) atoms. The van der Waals surface area contributed by atoms with E-state index in [4.69, 9.17) is 0 Å². The fourth-order valence-electron chi connectivity index (χ4n) is 1.66. The lowest BCUT2D eigenvalue weighted by atomic mass is 10.1. The largest absolute Gasteiger partial charge is 0.492 e. The lowest BCUT2D eigenvalue weighted by Gasteiger charge is -1.98. The topological polar surface area (TPSA) is 46.0 Å². The van der Waals surface area contributed by atoms with Gasteiger partial charge in [0.25, 0.3) is 0 Å². The number of benzene rings is 1. The predicted octanol–water partition coefficient (Wildman–Crippen LogP) is 3.06. The second-order valence-electron chi connectivity index (χ2n) is 3.39. The summed E-state index contributed by atoms with van der Waals surface area (Å²) in [6.45, 7) is 0.